The smallest absolute Gasteiger partial charge is 0.352 e. The van der Waals surface area contributed by atoms with Gasteiger partial charge in [-0.1, -0.05) is 16.9 Å². The van der Waals surface area contributed by atoms with Gasteiger partial charge in [0.15, 0.2) is 15.2 Å². The molecule has 1 saturated heterocycles. The number of aromatic nitrogens is 2. The van der Waals surface area contributed by atoms with Gasteiger partial charge < -0.3 is 26.1 Å². The number of thiazole rings is 2. The average molecular weight is 631 g/mol. The summed E-state index contributed by atoms with van der Waals surface area (Å²) < 4.78 is 0.617. The maximum Gasteiger partial charge on any atom is 0.352 e. The second-order valence-corrected chi connectivity index (χ2v) is 12.0. The molecule has 2 radical (unpaired) electrons. The molecule has 39 heavy (non-hydrogen) atoms. The molecule has 5 N–H and O–H groups in total. The molecule has 0 spiro atoms. The number of amides is 2. The van der Waals surface area contributed by atoms with Gasteiger partial charge in [-0.25, -0.2) is 14.8 Å². The van der Waals surface area contributed by atoms with Crippen molar-refractivity contribution in [2.45, 2.75) is 29.1 Å². The van der Waals surface area contributed by atoms with Gasteiger partial charge in [-0.15, -0.1) is 34.4 Å². The van der Waals surface area contributed by atoms with Gasteiger partial charge in [0, 0.05) is 80.9 Å². The van der Waals surface area contributed by atoms with Crippen molar-refractivity contribution in [1.82, 2.24) is 20.2 Å². The summed E-state index contributed by atoms with van der Waals surface area (Å²) in [5.41, 5.74) is 6.70. The zero-order valence-corrected chi connectivity index (χ0v) is 28.6. The van der Waals surface area contributed by atoms with Crippen molar-refractivity contribution in [3.8, 4) is 0 Å². The molecule has 1 fully saturated rings. The van der Waals surface area contributed by atoms with Gasteiger partial charge >= 0.3 is 11.9 Å². The fourth-order valence-corrected chi connectivity index (χ4v) is 7.87. The molecular formula is C20H20N6Na2O7S4. The second kappa shape index (κ2) is 14.7. The zero-order chi connectivity index (χ0) is 26.9. The molecule has 2 aliphatic heterocycles. The number of thioether (sulfide) groups is 2. The van der Waals surface area contributed by atoms with Crippen molar-refractivity contribution in [2.24, 2.45) is 5.16 Å². The molecule has 0 saturated carbocycles. The third-order valence-electron chi connectivity index (χ3n) is 5.25. The number of anilines is 1. The van der Waals surface area contributed by atoms with Crippen LogP contribution in [0.1, 0.15) is 16.3 Å². The SMILES string of the molecule is CO/N=C(/C(=O)N[C@@H]1C(=O)N2C(C(=O)O)=C(CSc3nc(C)c(CC(=O)O)s3)CS[C@H]12)c1csc(N)n1.[Na].[Na]. The fourth-order valence-electron chi connectivity index (χ4n) is 3.61. The first kappa shape index (κ1) is 34.1. The number of nitrogens with zero attached hydrogens (tertiary/aromatic N) is 4. The molecule has 2 aromatic heterocycles. The Morgan fingerprint density at radius 1 is 1.31 bits per heavy atom. The minimum absolute atomic E-state index is 0. The van der Waals surface area contributed by atoms with Crippen molar-refractivity contribution in [3.05, 3.63) is 32.9 Å². The Bertz CT molecular complexity index is 1350. The molecule has 4 rings (SSSR count). The summed E-state index contributed by atoms with van der Waals surface area (Å²) in [4.78, 5) is 63.9. The first-order chi connectivity index (χ1) is 17.6. The normalized spacial score (nSPS) is 18.4. The topological polar surface area (TPSA) is 197 Å². The number of carboxylic acids is 2. The number of aliphatic carboxylic acids is 2. The van der Waals surface area contributed by atoms with E-state index in [1.54, 1.807) is 6.92 Å². The largest absolute Gasteiger partial charge is 0.481 e. The molecule has 0 aromatic carbocycles. The summed E-state index contributed by atoms with van der Waals surface area (Å²) in [6, 6.07) is -0.959. The van der Waals surface area contributed by atoms with Gasteiger partial charge in [0.25, 0.3) is 11.8 Å². The van der Waals surface area contributed by atoms with Gasteiger partial charge in [-0.3, -0.25) is 19.3 Å². The Morgan fingerprint density at radius 3 is 2.62 bits per heavy atom. The van der Waals surface area contributed by atoms with Crippen LogP contribution in [0.4, 0.5) is 5.13 Å². The Kier molecular flexibility index (Phi) is 12.8. The Labute approximate surface area is 283 Å². The van der Waals surface area contributed by atoms with E-state index < -0.39 is 35.2 Å². The van der Waals surface area contributed by atoms with Crippen molar-refractivity contribution in [3.63, 3.8) is 0 Å². The van der Waals surface area contributed by atoms with E-state index in [0.717, 1.165) is 11.3 Å². The molecule has 198 valence electrons. The Hall–Kier alpha value is -1.15. The predicted molar refractivity (Wildman–Crippen MR) is 150 cm³/mol. The number of β-lactam (4-membered cyclic amide) rings is 1. The second-order valence-electron chi connectivity index (χ2n) is 7.66. The van der Waals surface area contributed by atoms with Crippen molar-refractivity contribution in [2.75, 3.05) is 24.3 Å². The van der Waals surface area contributed by atoms with E-state index in [4.69, 9.17) is 15.7 Å². The number of carboxylic acid groups (broad SMARTS) is 2. The molecule has 19 heteroatoms. The Balaban J connectivity index is 0.00000267. The number of hydrogen-bond acceptors (Lipinski definition) is 13. The zero-order valence-electron chi connectivity index (χ0n) is 21.3. The van der Waals surface area contributed by atoms with Crippen LogP contribution >= 0.6 is 46.2 Å². The van der Waals surface area contributed by atoms with Gasteiger partial charge in [0.2, 0.25) is 0 Å². The third kappa shape index (κ3) is 7.58. The van der Waals surface area contributed by atoms with E-state index in [1.165, 1.54) is 52.3 Å². The maximum absolute atomic E-state index is 13.0. The monoisotopic (exact) mass is 630 g/mol. The number of nitrogen functional groups attached to an aromatic ring is 1. The van der Waals surface area contributed by atoms with E-state index in [2.05, 4.69) is 20.4 Å². The van der Waals surface area contributed by atoms with Crippen molar-refractivity contribution < 1.29 is 34.2 Å². The van der Waals surface area contributed by atoms with E-state index in [1.807, 2.05) is 0 Å². The summed E-state index contributed by atoms with van der Waals surface area (Å²) in [5.74, 6) is -2.89. The number of nitrogens with one attached hydrogen (secondary N) is 1. The molecule has 0 bridgehead atoms. The molecule has 13 nitrogen and oxygen atoms in total. The van der Waals surface area contributed by atoms with Gasteiger partial charge in [0.05, 0.1) is 12.1 Å². The number of rotatable bonds is 10. The van der Waals surface area contributed by atoms with Crippen LogP contribution in [0, 0.1) is 6.92 Å². The predicted octanol–water partition coefficient (Wildman–Crippen LogP) is 0.237. The molecule has 2 atom stereocenters. The quantitative estimate of drug-likeness (QED) is 0.0919. The number of fused-ring (bicyclic) bond motifs is 1. The number of nitrogens with two attached hydrogens (primary N) is 1. The first-order valence-electron chi connectivity index (χ1n) is 10.4. The fraction of sp³-hybridized carbons (Fsp3) is 0.350. The van der Waals surface area contributed by atoms with Crippen molar-refractivity contribution in [1.29, 1.82) is 0 Å². The third-order valence-corrected chi connectivity index (χ3v) is 9.65. The number of oxime groups is 1. The van der Waals surface area contributed by atoms with Crippen LogP contribution in [0.15, 0.2) is 26.1 Å². The number of carbonyl (C=O) groups is 4. The molecule has 2 aromatic rings. The van der Waals surface area contributed by atoms with Crippen LogP contribution < -0.4 is 11.1 Å². The van der Waals surface area contributed by atoms with Crippen molar-refractivity contribution >= 4 is 140 Å². The summed E-state index contributed by atoms with van der Waals surface area (Å²) in [6.45, 7) is 1.72. The number of carbonyl (C=O) groups excluding carboxylic acids is 2. The summed E-state index contributed by atoms with van der Waals surface area (Å²) in [7, 11) is 1.26. The number of aryl methyl sites for hydroxylation is 1. The minimum Gasteiger partial charge on any atom is -0.481 e. The molecule has 4 heterocycles. The van der Waals surface area contributed by atoms with E-state index in [0.29, 0.717) is 26.2 Å². The van der Waals surface area contributed by atoms with Crippen LogP contribution in [0.2, 0.25) is 0 Å². The molecular weight excluding hydrogens is 611 g/mol. The van der Waals surface area contributed by atoms with E-state index >= 15 is 0 Å². The molecule has 2 amide bonds. The number of hydrogen-bond donors (Lipinski definition) is 4. The summed E-state index contributed by atoms with van der Waals surface area (Å²) in [6.07, 6.45) is -0.132. The van der Waals surface area contributed by atoms with Gasteiger partial charge in [-0.05, 0) is 12.5 Å². The summed E-state index contributed by atoms with van der Waals surface area (Å²) >= 11 is 4.98. The maximum atomic E-state index is 13.0. The van der Waals surface area contributed by atoms with E-state index in [9.17, 15) is 24.3 Å². The van der Waals surface area contributed by atoms with Crippen LogP contribution in [0.3, 0.4) is 0 Å². The van der Waals surface area contributed by atoms with Crippen LogP contribution in [-0.2, 0) is 30.4 Å². The standard InChI is InChI=1S/C20H20N6O7S4.2Na/c1-7-10(3-11(27)28)37-20(22-7)36-5-8-4-34-17-13(16(30)26(17)14(8)18(31)32)24-15(29)12(25-33-2)9-6-35-19(21)23-9;;/h6,13,17H,3-5H2,1-2H3,(H2,21,23)(H,24,29)(H,27,28)(H,31,32);;/b25-12+;;/t13-,17-;;/m1../s1. The first-order valence-corrected chi connectivity index (χ1v) is 14.2. The van der Waals surface area contributed by atoms with Crippen LogP contribution in [0.5, 0.6) is 0 Å². The summed E-state index contributed by atoms with van der Waals surface area (Å²) in [5, 5.41) is 26.3. The Morgan fingerprint density at radius 2 is 2.03 bits per heavy atom. The molecule has 0 aliphatic carbocycles. The minimum atomic E-state index is -1.25. The molecule has 2 aliphatic rings. The average Bonchev–Trinajstić information content (AvgIpc) is 3.42. The van der Waals surface area contributed by atoms with Gasteiger partial charge in [-0.2, -0.15) is 0 Å². The van der Waals surface area contributed by atoms with Gasteiger partial charge in [0.1, 0.15) is 29.9 Å². The van der Waals surface area contributed by atoms with Crippen LogP contribution in [-0.4, -0.2) is 144 Å². The van der Waals surface area contributed by atoms with Crippen LogP contribution in [0.25, 0.3) is 0 Å². The van der Waals surface area contributed by atoms with E-state index in [-0.39, 0.29) is 93.5 Å². The molecule has 0 unspecified atom stereocenters.